The molecule has 3 heterocycles. The van der Waals surface area contributed by atoms with Crippen molar-refractivity contribution in [3.63, 3.8) is 0 Å². The molecular weight excluding hydrogens is 424 g/mol. The minimum absolute atomic E-state index is 0.294. The van der Waals surface area contributed by atoms with Gasteiger partial charge in [0, 0.05) is 28.9 Å². The first-order chi connectivity index (χ1) is 13.4. The molecule has 1 unspecified atom stereocenters. The molecule has 0 fully saturated rings. The summed E-state index contributed by atoms with van der Waals surface area (Å²) in [5, 5.41) is 1.52. The lowest BCUT2D eigenvalue weighted by Gasteiger charge is -2.03. The van der Waals surface area contributed by atoms with Crippen LogP contribution in [0.25, 0.3) is 11.2 Å². The number of hydrogen-bond acceptors (Lipinski definition) is 4. The molecule has 1 atom stereocenters. The van der Waals surface area contributed by atoms with Crippen molar-refractivity contribution in [3.8, 4) is 0 Å². The van der Waals surface area contributed by atoms with E-state index >= 15 is 0 Å². The third-order valence-corrected chi connectivity index (χ3v) is 5.54. The van der Waals surface area contributed by atoms with Gasteiger partial charge in [0.15, 0.2) is 10.8 Å². The maximum Gasteiger partial charge on any atom is 0.215 e. The Hall–Kier alpha value is -2.29. The van der Waals surface area contributed by atoms with Gasteiger partial charge in [-0.1, -0.05) is 29.3 Å². The van der Waals surface area contributed by atoms with Crippen LogP contribution in [0.5, 0.6) is 0 Å². The summed E-state index contributed by atoms with van der Waals surface area (Å²) in [4.78, 5) is 15.6. The summed E-state index contributed by atoms with van der Waals surface area (Å²) in [6.07, 6.45) is 3.84. The van der Waals surface area contributed by atoms with Crippen LogP contribution >= 0.6 is 23.2 Å². The normalized spacial score (nSPS) is 12.6. The van der Waals surface area contributed by atoms with Crippen molar-refractivity contribution >= 4 is 45.2 Å². The van der Waals surface area contributed by atoms with Crippen molar-refractivity contribution in [2.45, 2.75) is 18.1 Å². The van der Waals surface area contributed by atoms with E-state index in [-0.39, 0.29) is 0 Å². The van der Waals surface area contributed by atoms with Crippen LogP contribution in [0.4, 0.5) is 4.39 Å². The Balaban J connectivity index is 1.65. The van der Waals surface area contributed by atoms with Gasteiger partial charge in [0.2, 0.25) is 5.95 Å². The van der Waals surface area contributed by atoms with Gasteiger partial charge in [0.05, 0.1) is 28.6 Å². The highest BCUT2D eigenvalue weighted by Gasteiger charge is 2.15. The fourth-order valence-corrected chi connectivity index (χ4v) is 4.06. The largest absolute Gasteiger partial charge is 0.339 e. The van der Waals surface area contributed by atoms with E-state index in [4.69, 9.17) is 23.2 Å². The average Bonchev–Trinajstić information content (AvgIpc) is 3.20. The molecule has 4 rings (SSSR count). The Bertz CT molecular complexity index is 1210. The van der Waals surface area contributed by atoms with Crippen LogP contribution in [0.15, 0.2) is 41.7 Å². The molecule has 0 aliphatic rings. The van der Waals surface area contributed by atoms with E-state index < -0.39 is 16.7 Å². The number of imidazole rings is 2. The highest BCUT2D eigenvalue weighted by atomic mass is 35.5. The number of rotatable bonds is 5. The number of hydrogen-bond donors (Lipinski definition) is 1. The summed E-state index contributed by atoms with van der Waals surface area (Å²) in [5.74, 6) is -0.0288. The number of halogens is 3. The number of pyridine rings is 1. The van der Waals surface area contributed by atoms with Crippen LogP contribution in [0.3, 0.4) is 0 Å². The summed E-state index contributed by atoms with van der Waals surface area (Å²) < 4.78 is 27.2. The molecule has 4 aromatic rings. The number of nitrogens with one attached hydrogen (secondary N) is 1. The molecule has 28 heavy (non-hydrogen) atoms. The van der Waals surface area contributed by atoms with E-state index in [1.54, 1.807) is 29.0 Å². The van der Waals surface area contributed by atoms with Gasteiger partial charge < -0.3 is 9.55 Å². The summed E-state index contributed by atoms with van der Waals surface area (Å²) in [6.45, 7) is 0.300. The van der Waals surface area contributed by atoms with E-state index in [1.165, 1.54) is 6.07 Å². The molecule has 0 bridgehead atoms. The molecule has 1 aromatic carbocycles. The molecule has 0 amide bonds. The first-order valence-corrected chi connectivity index (χ1v) is 10.5. The van der Waals surface area contributed by atoms with Crippen molar-refractivity contribution in [2.24, 2.45) is 0 Å². The van der Waals surface area contributed by atoms with E-state index in [0.29, 0.717) is 45.2 Å². The summed E-state index contributed by atoms with van der Waals surface area (Å²) in [7, 11) is -1.30. The summed E-state index contributed by atoms with van der Waals surface area (Å²) in [6, 6.07) is 8.12. The maximum absolute atomic E-state index is 13.3. The zero-order valence-electron chi connectivity index (χ0n) is 14.6. The lowest BCUT2D eigenvalue weighted by atomic mass is 10.1. The van der Waals surface area contributed by atoms with Crippen LogP contribution in [-0.2, 0) is 23.8 Å². The van der Waals surface area contributed by atoms with Gasteiger partial charge in [-0.05, 0) is 29.8 Å². The molecule has 10 heteroatoms. The molecule has 0 aliphatic heterocycles. The molecule has 0 aliphatic carbocycles. The zero-order chi connectivity index (χ0) is 19.8. The summed E-state index contributed by atoms with van der Waals surface area (Å²) >= 11 is 12.2. The zero-order valence-corrected chi connectivity index (χ0v) is 16.9. The minimum atomic E-state index is -1.30. The predicted molar refractivity (Wildman–Crippen MR) is 107 cm³/mol. The lowest BCUT2D eigenvalue weighted by Crippen LogP contribution is -2.06. The fourth-order valence-electron chi connectivity index (χ4n) is 2.89. The van der Waals surface area contributed by atoms with E-state index in [2.05, 4.69) is 19.9 Å². The Morgan fingerprint density at radius 3 is 2.75 bits per heavy atom. The Kier molecular flexibility index (Phi) is 5.18. The first-order valence-electron chi connectivity index (χ1n) is 8.23. The van der Waals surface area contributed by atoms with Gasteiger partial charge in [-0.3, -0.25) is 4.21 Å². The van der Waals surface area contributed by atoms with Crippen LogP contribution < -0.4 is 0 Å². The molecule has 0 saturated heterocycles. The van der Waals surface area contributed by atoms with Crippen molar-refractivity contribution in [1.29, 1.82) is 0 Å². The second-order valence-corrected chi connectivity index (χ2v) is 8.32. The topological polar surface area (TPSA) is 76.5 Å². The lowest BCUT2D eigenvalue weighted by molar-refractivity contribution is 0.588. The van der Waals surface area contributed by atoms with Crippen molar-refractivity contribution in [3.05, 3.63) is 69.6 Å². The van der Waals surface area contributed by atoms with Crippen molar-refractivity contribution in [2.75, 3.05) is 6.26 Å². The smallest absolute Gasteiger partial charge is 0.215 e. The van der Waals surface area contributed by atoms with Crippen LogP contribution in [-0.4, -0.2) is 35.0 Å². The van der Waals surface area contributed by atoms with Crippen LogP contribution in [0.2, 0.25) is 10.0 Å². The summed E-state index contributed by atoms with van der Waals surface area (Å²) in [5.41, 5.74) is 2.51. The SMILES string of the molecule is CS(=O)c1nc(Cc2ccc(Cl)cc2Cl)cn1Cc1nc2nc(F)ccc2[nH]1. The predicted octanol–water partition coefficient (Wildman–Crippen LogP) is 3.98. The molecule has 0 radical (unpaired) electrons. The second kappa shape index (κ2) is 7.62. The quantitative estimate of drug-likeness (QED) is 0.479. The third kappa shape index (κ3) is 3.94. The molecule has 0 spiro atoms. The minimum Gasteiger partial charge on any atom is -0.339 e. The van der Waals surface area contributed by atoms with Gasteiger partial charge in [0.1, 0.15) is 5.82 Å². The number of aromatic amines is 1. The number of H-pyrrole nitrogens is 1. The monoisotopic (exact) mass is 437 g/mol. The Labute approximate surface area is 172 Å². The van der Waals surface area contributed by atoms with Gasteiger partial charge >= 0.3 is 0 Å². The van der Waals surface area contributed by atoms with Crippen LogP contribution in [0.1, 0.15) is 17.1 Å². The van der Waals surface area contributed by atoms with Crippen LogP contribution in [0, 0.1) is 5.95 Å². The van der Waals surface area contributed by atoms with Crippen molar-refractivity contribution < 1.29 is 8.60 Å². The Morgan fingerprint density at radius 1 is 1.18 bits per heavy atom. The number of benzene rings is 1. The van der Waals surface area contributed by atoms with Gasteiger partial charge in [0.25, 0.3) is 0 Å². The molecule has 144 valence electrons. The second-order valence-electron chi connectivity index (χ2n) is 6.20. The molecule has 1 N–H and O–H groups in total. The number of aromatic nitrogens is 5. The number of nitrogens with zero attached hydrogens (tertiary/aromatic N) is 4. The highest BCUT2D eigenvalue weighted by Crippen LogP contribution is 2.24. The van der Waals surface area contributed by atoms with Crippen molar-refractivity contribution in [1.82, 2.24) is 24.5 Å². The first kappa shape index (κ1) is 19.0. The van der Waals surface area contributed by atoms with Gasteiger partial charge in [-0.2, -0.15) is 9.37 Å². The van der Waals surface area contributed by atoms with E-state index in [9.17, 15) is 8.60 Å². The van der Waals surface area contributed by atoms with E-state index in [0.717, 1.165) is 11.3 Å². The number of fused-ring (bicyclic) bond motifs is 1. The Morgan fingerprint density at radius 2 is 2.00 bits per heavy atom. The molecule has 3 aromatic heterocycles. The molecule has 0 saturated carbocycles. The van der Waals surface area contributed by atoms with E-state index in [1.807, 2.05) is 12.3 Å². The molecular formula is C18H14Cl2FN5OS. The fraction of sp³-hybridized carbons (Fsp3) is 0.167. The average molecular weight is 438 g/mol. The van der Waals surface area contributed by atoms with Gasteiger partial charge in [-0.15, -0.1) is 0 Å². The standard InChI is InChI=1S/C18H14Cl2FN5OS/c1-28(27)18-22-12(6-10-2-3-11(19)7-13(10)20)8-26(18)9-16-23-14-4-5-15(21)24-17(14)25-16/h2-5,7-8H,6,9H2,1H3,(H,23,24,25). The maximum atomic E-state index is 13.3. The third-order valence-electron chi connectivity index (χ3n) is 4.11. The van der Waals surface area contributed by atoms with Gasteiger partial charge in [-0.25, -0.2) is 9.97 Å². The highest BCUT2D eigenvalue weighted by molar-refractivity contribution is 7.84. The molecule has 6 nitrogen and oxygen atoms in total.